The van der Waals surface area contributed by atoms with Crippen molar-refractivity contribution in [2.45, 2.75) is 0 Å². The number of nitrogens with zero attached hydrogens (tertiary/aromatic N) is 6. The minimum absolute atomic E-state index is 0.752. The number of benzene rings is 15. The molecule has 0 fully saturated rings. The van der Waals surface area contributed by atoms with Gasteiger partial charge in [-0.05, 0) is 86.0 Å². The van der Waals surface area contributed by atoms with Crippen molar-refractivity contribution in [3.63, 3.8) is 0 Å². The Morgan fingerprint density at radius 3 is 0.777 bits per heavy atom. The predicted octanol–water partition coefficient (Wildman–Crippen LogP) is 29.2. The zero-order valence-electron chi connectivity index (χ0n) is 60.3. The summed E-state index contributed by atoms with van der Waals surface area (Å²) in [5.74, 6) is 2.26. The maximum Gasteiger partial charge on any atom is 0.161 e. The lowest BCUT2D eigenvalue weighted by Crippen LogP contribution is -1.93. The van der Waals surface area contributed by atoms with Crippen LogP contribution in [0.1, 0.15) is 0 Å². The van der Waals surface area contributed by atoms with E-state index >= 15 is 0 Å². The SMILES string of the molecule is c1ccc(-c2ccc(-c3ccc(-c4nc(-c5ccccc5)c5c(n4)sc4ccccc45)cc3)cc2)cc1.c1ccc(-c2cccc(-c3ccc(-c4nc(-c5ccccc5)c5c(n4)sc4ccccc45)cc3)c2)cc1.c1ccc(-c2nc(-c3ccc(-c4cccc5c4sc4ccccc45)cc3)nc3sc4ccccc4c23)cc1. The summed E-state index contributed by atoms with van der Waals surface area (Å²) in [4.78, 5) is 33.5. The van der Waals surface area contributed by atoms with Crippen LogP contribution in [0.4, 0.5) is 0 Å². The normalized spacial score (nSPS) is 11.4. The molecule has 7 heterocycles. The van der Waals surface area contributed by atoms with Crippen LogP contribution >= 0.6 is 45.3 Å². The van der Waals surface area contributed by atoms with Gasteiger partial charge in [0.15, 0.2) is 17.5 Å². The zero-order chi connectivity index (χ0) is 74.3. The largest absolute Gasteiger partial charge is 0.227 e. The Labute approximate surface area is 663 Å². The highest BCUT2D eigenvalue weighted by molar-refractivity contribution is 7.27. The molecule has 0 atom stereocenters. The summed E-state index contributed by atoms with van der Waals surface area (Å²) in [6.07, 6.45) is 0. The first-order valence-corrected chi connectivity index (χ1v) is 40.5. The second-order valence-corrected chi connectivity index (χ2v) is 31.7. The van der Waals surface area contributed by atoms with Crippen LogP contribution in [0.5, 0.6) is 0 Å². The zero-order valence-corrected chi connectivity index (χ0v) is 63.5. The summed E-state index contributed by atoms with van der Waals surface area (Å²) < 4.78 is 6.35. The third kappa shape index (κ3) is 13.1. The Hall–Kier alpha value is -13.6. The third-order valence-corrected chi connectivity index (χ3v) is 25.0. The van der Waals surface area contributed by atoms with Gasteiger partial charge in [-0.15, -0.1) is 45.3 Å². The van der Waals surface area contributed by atoms with Gasteiger partial charge in [0, 0.05) is 100.0 Å². The van der Waals surface area contributed by atoms with Crippen molar-refractivity contribution in [2.75, 3.05) is 0 Å². The molecular weight excluding hydrogens is 1440 g/mol. The van der Waals surface area contributed by atoms with Gasteiger partial charge < -0.3 is 0 Å². The van der Waals surface area contributed by atoms with E-state index in [1.54, 1.807) is 34.0 Å². The molecule has 0 saturated heterocycles. The summed E-state index contributed by atoms with van der Waals surface area (Å²) in [5, 5.41) is 9.67. The van der Waals surface area contributed by atoms with Crippen molar-refractivity contribution in [3.05, 3.63) is 388 Å². The smallest absolute Gasteiger partial charge is 0.161 e. The number of hydrogen-bond donors (Lipinski definition) is 0. The van der Waals surface area contributed by atoms with E-state index in [2.05, 4.69) is 358 Å². The highest BCUT2D eigenvalue weighted by atomic mass is 32.1. The molecule has 15 aromatic carbocycles. The van der Waals surface area contributed by atoms with E-state index in [1.807, 2.05) is 41.7 Å². The molecular formula is C102H64N6S4. The molecule has 526 valence electrons. The van der Waals surface area contributed by atoms with E-state index < -0.39 is 0 Å². The second-order valence-electron chi connectivity index (χ2n) is 27.5. The van der Waals surface area contributed by atoms with Crippen molar-refractivity contribution in [2.24, 2.45) is 0 Å². The van der Waals surface area contributed by atoms with Crippen LogP contribution in [-0.4, -0.2) is 29.9 Å². The molecule has 0 saturated carbocycles. The molecule has 22 aromatic rings. The number of rotatable bonds is 11. The first kappa shape index (κ1) is 67.7. The molecule has 0 bridgehead atoms. The van der Waals surface area contributed by atoms with Crippen molar-refractivity contribution in [1.82, 2.24) is 29.9 Å². The molecule has 0 amide bonds. The molecule has 0 aliphatic carbocycles. The molecule has 0 aliphatic rings. The highest BCUT2D eigenvalue weighted by Gasteiger charge is 2.22. The predicted molar refractivity (Wildman–Crippen MR) is 477 cm³/mol. The maximum absolute atomic E-state index is 5.14. The Bertz CT molecular complexity index is 7190. The molecule has 0 N–H and O–H groups in total. The van der Waals surface area contributed by atoms with Crippen molar-refractivity contribution in [1.29, 1.82) is 0 Å². The molecule has 0 radical (unpaired) electrons. The van der Waals surface area contributed by atoms with Crippen LogP contribution in [-0.2, 0) is 0 Å². The average Bonchev–Trinajstić information content (AvgIpc) is 1.59. The molecule has 0 unspecified atom stereocenters. The summed E-state index contributed by atoms with van der Waals surface area (Å²) >= 11 is 7.05. The Morgan fingerprint density at radius 2 is 0.411 bits per heavy atom. The van der Waals surface area contributed by atoms with Crippen LogP contribution < -0.4 is 0 Å². The lowest BCUT2D eigenvalue weighted by molar-refractivity contribution is 1.24. The van der Waals surface area contributed by atoms with Gasteiger partial charge in [-0.3, -0.25) is 0 Å². The van der Waals surface area contributed by atoms with E-state index in [0.717, 1.165) is 98.6 Å². The molecule has 0 aliphatic heterocycles. The monoisotopic (exact) mass is 1500 g/mol. The number of hydrogen-bond acceptors (Lipinski definition) is 10. The first-order valence-electron chi connectivity index (χ1n) is 37.3. The van der Waals surface area contributed by atoms with Crippen molar-refractivity contribution in [3.8, 4) is 124 Å². The fraction of sp³-hybridized carbons (Fsp3) is 0. The van der Waals surface area contributed by atoms with Gasteiger partial charge in [0.1, 0.15) is 14.5 Å². The van der Waals surface area contributed by atoms with Crippen LogP contribution in [0.15, 0.2) is 388 Å². The van der Waals surface area contributed by atoms with E-state index in [0.29, 0.717) is 0 Å². The molecule has 22 rings (SSSR count). The molecule has 7 aromatic heterocycles. The van der Waals surface area contributed by atoms with E-state index in [9.17, 15) is 0 Å². The van der Waals surface area contributed by atoms with Gasteiger partial charge in [-0.1, -0.05) is 358 Å². The first-order chi connectivity index (χ1) is 55.5. The van der Waals surface area contributed by atoms with Gasteiger partial charge in [0.05, 0.1) is 17.1 Å². The quantitative estimate of drug-likeness (QED) is 0.128. The maximum atomic E-state index is 5.14. The van der Waals surface area contributed by atoms with Gasteiger partial charge in [0.25, 0.3) is 0 Å². The minimum atomic E-state index is 0.752. The standard InChI is InChI=1S/C34H20N2S2.2C34H22N2S/c1-2-9-22(10-3-1)31-30-27-12-5-7-16-29(27)38-34(30)36-33(35-31)23-19-17-21(18-20-23)24-13-8-14-26-25-11-4-6-15-28(25)37-32(24)26;1-3-10-23(11-4-1)27-14-9-15-28(22-27)24-18-20-26(21-19-24)33-35-32(25-12-5-2-6-13-25)31-29-16-7-8-17-30(29)37-34(31)36-33;1-3-9-23(10-4-1)24-15-17-25(18-16-24)26-19-21-28(22-20-26)33-35-32(27-11-5-2-6-12-27)31-29-13-7-8-14-30(29)37-34(31)36-33/h1-20H;2*1-22H. The van der Waals surface area contributed by atoms with Crippen molar-refractivity contribution >= 4 is 126 Å². The number of aromatic nitrogens is 6. The number of fused-ring (bicyclic) bond motifs is 12. The van der Waals surface area contributed by atoms with Crippen LogP contribution in [0.3, 0.4) is 0 Å². The van der Waals surface area contributed by atoms with Crippen LogP contribution in [0.2, 0.25) is 0 Å². The summed E-state index contributed by atoms with van der Waals surface area (Å²) in [7, 11) is 0. The van der Waals surface area contributed by atoms with Crippen molar-refractivity contribution < 1.29 is 0 Å². The third-order valence-electron chi connectivity index (χ3n) is 20.6. The topological polar surface area (TPSA) is 77.3 Å². The van der Waals surface area contributed by atoms with E-state index in [1.165, 1.54) is 106 Å². The second kappa shape index (κ2) is 29.8. The summed E-state index contributed by atoms with van der Waals surface area (Å²) in [6.45, 7) is 0. The lowest BCUT2D eigenvalue weighted by atomic mass is 9.98. The Balaban J connectivity index is 0.000000109. The molecule has 6 nitrogen and oxygen atoms in total. The number of thiophene rings is 4. The molecule has 112 heavy (non-hydrogen) atoms. The fourth-order valence-corrected chi connectivity index (χ4v) is 19.5. The highest BCUT2D eigenvalue weighted by Crippen LogP contribution is 2.45. The Morgan fingerprint density at radius 1 is 0.161 bits per heavy atom. The van der Waals surface area contributed by atoms with Crippen LogP contribution in [0.25, 0.3) is 205 Å². The fourth-order valence-electron chi connectivity index (χ4n) is 15.1. The van der Waals surface area contributed by atoms with Gasteiger partial charge in [-0.25, -0.2) is 29.9 Å². The van der Waals surface area contributed by atoms with E-state index in [-0.39, 0.29) is 0 Å². The minimum Gasteiger partial charge on any atom is -0.227 e. The summed E-state index contributed by atoms with van der Waals surface area (Å²) in [5.41, 5.74) is 21.4. The van der Waals surface area contributed by atoms with Gasteiger partial charge in [0.2, 0.25) is 0 Å². The van der Waals surface area contributed by atoms with Gasteiger partial charge >= 0.3 is 0 Å². The average molecular weight is 1500 g/mol. The Kier molecular flexibility index (Phi) is 18.0. The lowest BCUT2D eigenvalue weighted by Gasteiger charge is -2.09. The molecule has 10 heteroatoms. The molecule has 0 spiro atoms. The summed E-state index contributed by atoms with van der Waals surface area (Å²) in [6, 6.07) is 136. The van der Waals surface area contributed by atoms with Crippen LogP contribution in [0, 0.1) is 0 Å². The van der Waals surface area contributed by atoms with E-state index in [4.69, 9.17) is 29.9 Å². The van der Waals surface area contributed by atoms with Gasteiger partial charge in [-0.2, -0.15) is 0 Å².